The first-order chi connectivity index (χ1) is 8.15. The monoisotopic (exact) mass is 329 g/mol. The molecule has 1 aromatic heterocycles. The molecule has 4 heteroatoms. The molecule has 2 aromatic rings. The fraction of sp³-hybridized carbons (Fsp3) is 0.231. The van der Waals surface area contributed by atoms with Crippen LogP contribution in [0.5, 0.6) is 0 Å². The molecule has 0 saturated carbocycles. The number of nitrogens with one attached hydrogen (secondary N) is 1. The molecule has 0 atom stereocenters. The number of thiophene rings is 1. The second-order valence-corrected chi connectivity index (χ2v) is 6.55. The van der Waals surface area contributed by atoms with Crippen molar-refractivity contribution in [3.8, 4) is 0 Å². The van der Waals surface area contributed by atoms with E-state index in [2.05, 4.69) is 40.3 Å². The Bertz CT molecular complexity index is 510. The smallest absolute Gasteiger partial charge is 0.0462 e. The lowest BCUT2D eigenvalue weighted by Crippen LogP contribution is -2.11. The lowest BCUT2D eigenvalue weighted by molar-refractivity contribution is 0.701. The lowest BCUT2D eigenvalue weighted by Gasteiger charge is -2.06. The fourth-order valence-electron chi connectivity index (χ4n) is 1.57. The van der Waals surface area contributed by atoms with Crippen LogP contribution in [0, 0.1) is 6.92 Å². The van der Waals surface area contributed by atoms with Crippen LogP contribution in [0.3, 0.4) is 0 Å². The molecule has 0 aliphatic rings. The Balaban J connectivity index is 1.90. The molecule has 0 spiro atoms. The first kappa shape index (κ1) is 13.1. The van der Waals surface area contributed by atoms with Crippen molar-refractivity contribution in [1.82, 2.24) is 5.32 Å². The number of aryl methyl sites for hydroxylation is 1. The summed E-state index contributed by atoms with van der Waals surface area (Å²) in [7, 11) is 0. The molecule has 0 amide bonds. The van der Waals surface area contributed by atoms with Crippen molar-refractivity contribution in [2.24, 2.45) is 0 Å². The highest BCUT2D eigenvalue weighted by molar-refractivity contribution is 9.10. The summed E-state index contributed by atoms with van der Waals surface area (Å²) < 4.78 is 1.01. The lowest BCUT2D eigenvalue weighted by atomic mass is 10.2. The van der Waals surface area contributed by atoms with Gasteiger partial charge in [0.1, 0.15) is 0 Å². The highest BCUT2D eigenvalue weighted by Crippen LogP contribution is 2.21. The summed E-state index contributed by atoms with van der Waals surface area (Å²) in [6.07, 6.45) is 0. The molecular weight excluding hydrogens is 318 g/mol. The molecule has 17 heavy (non-hydrogen) atoms. The Morgan fingerprint density at radius 3 is 2.71 bits per heavy atom. The van der Waals surface area contributed by atoms with Gasteiger partial charge in [-0.25, -0.2) is 0 Å². The molecule has 1 heterocycles. The molecule has 0 radical (unpaired) electrons. The van der Waals surface area contributed by atoms with Gasteiger partial charge in [0.25, 0.3) is 0 Å². The molecule has 90 valence electrons. The van der Waals surface area contributed by atoms with Gasteiger partial charge in [-0.1, -0.05) is 33.6 Å². The molecular formula is C13H13BrClNS. The Kier molecular flexibility index (Phi) is 4.62. The minimum atomic E-state index is 0.795. The van der Waals surface area contributed by atoms with E-state index in [9.17, 15) is 0 Å². The minimum Gasteiger partial charge on any atom is -0.308 e. The van der Waals surface area contributed by atoms with Gasteiger partial charge in [-0.05, 0) is 36.8 Å². The van der Waals surface area contributed by atoms with Gasteiger partial charge in [0.15, 0.2) is 0 Å². The molecule has 0 saturated heterocycles. The maximum absolute atomic E-state index is 6.15. The number of halogens is 2. The third-order valence-electron chi connectivity index (χ3n) is 2.43. The van der Waals surface area contributed by atoms with Crippen LogP contribution in [0.2, 0.25) is 5.02 Å². The molecule has 0 fully saturated rings. The highest BCUT2D eigenvalue weighted by atomic mass is 79.9. The number of hydrogen-bond acceptors (Lipinski definition) is 2. The van der Waals surface area contributed by atoms with Gasteiger partial charge in [-0.3, -0.25) is 0 Å². The summed E-state index contributed by atoms with van der Waals surface area (Å²) in [5, 5.41) is 4.20. The molecule has 0 unspecified atom stereocenters. The third-order valence-corrected chi connectivity index (χ3v) is 4.27. The second-order valence-electron chi connectivity index (χ2n) is 3.85. The second kappa shape index (κ2) is 6.01. The summed E-state index contributed by atoms with van der Waals surface area (Å²) >= 11 is 11.4. The molecule has 1 aromatic carbocycles. The van der Waals surface area contributed by atoms with Crippen LogP contribution in [0.4, 0.5) is 0 Å². The van der Waals surface area contributed by atoms with Gasteiger partial charge in [-0.2, -0.15) is 0 Å². The van der Waals surface area contributed by atoms with Gasteiger partial charge < -0.3 is 5.32 Å². The average molecular weight is 331 g/mol. The number of benzene rings is 1. The van der Waals surface area contributed by atoms with Crippen molar-refractivity contribution in [1.29, 1.82) is 0 Å². The minimum absolute atomic E-state index is 0.795. The average Bonchev–Trinajstić information content (AvgIpc) is 2.68. The normalized spacial score (nSPS) is 10.8. The van der Waals surface area contributed by atoms with Crippen LogP contribution in [0.1, 0.15) is 15.3 Å². The Labute approximate surface area is 119 Å². The van der Waals surface area contributed by atoms with E-state index in [0.717, 1.165) is 28.1 Å². The molecule has 2 rings (SSSR count). The van der Waals surface area contributed by atoms with Crippen LogP contribution < -0.4 is 5.32 Å². The van der Waals surface area contributed by atoms with Gasteiger partial charge in [0.05, 0.1) is 0 Å². The number of rotatable bonds is 4. The summed E-state index contributed by atoms with van der Waals surface area (Å²) in [5.41, 5.74) is 1.13. The predicted molar refractivity (Wildman–Crippen MR) is 78.8 cm³/mol. The summed E-state index contributed by atoms with van der Waals surface area (Å²) in [5.74, 6) is 0. The summed E-state index contributed by atoms with van der Waals surface area (Å²) in [4.78, 5) is 2.71. The zero-order chi connectivity index (χ0) is 12.3. The molecule has 0 aliphatic heterocycles. The Morgan fingerprint density at radius 1 is 1.24 bits per heavy atom. The quantitative estimate of drug-likeness (QED) is 0.852. The standard InChI is InChI=1S/C13H13BrClNS/c1-9-2-5-12(17-9)8-16-7-10-3-4-11(14)6-13(10)15/h2-6,16H,7-8H2,1H3. The zero-order valence-electron chi connectivity index (χ0n) is 9.47. The van der Waals surface area contributed by atoms with E-state index in [1.54, 1.807) is 0 Å². The van der Waals surface area contributed by atoms with E-state index >= 15 is 0 Å². The van der Waals surface area contributed by atoms with E-state index in [4.69, 9.17) is 11.6 Å². The van der Waals surface area contributed by atoms with E-state index in [-0.39, 0.29) is 0 Å². The van der Waals surface area contributed by atoms with Crippen LogP contribution in [0.25, 0.3) is 0 Å². The summed E-state index contributed by atoms with van der Waals surface area (Å²) in [6.45, 7) is 3.81. The van der Waals surface area contributed by atoms with Gasteiger partial charge in [0, 0.05) is 32.3 Å². The van der Waals surface area contributed by atoms with Crippen molar-refractivity contribution in [3.05, 3.63) is 55.1 Å². The van der Waals surface area contributed by atoms with Crippen LogP contribution in [-0.2, 0) is 13.1 Å². The predicted octanol–water partition coefficient (Wildman–Crippen LogP) is 4.76. The summed E-state index contributed by atoms with van der Waals surface area (Å²) in [6, 6.07) is 10.3. The fourth-order valence-corrected chi connectivity index (χ4v) is 3.17. The van der Waals surface area contributed by atoms with Crippen molar-refractivity contribution in [3.63, 3.8) is 0 Å². The van der Waals surface area contributed by atoms with Gasteiger partial charge in [-0.15, -0.1) is 11.3 Å². The molecule has 1 N–H and O–H groups in total. The van der Waals surface area contributed by atoms with Gasteiger partial charge >= 0.3 is 0 Å². The Hall–Kier alpha value is -0.350. The van der Waals surface area contributed by atoms with E-state index in [0.29, 0.717) is 0 Å². The van der Waals surface area contributed by atoms with E-state index in [1.807, 2.05) is 29.5 Å². The van der Waals surface area contributed by atoms with E-state index in [1.165, 1.54) is 9.75 Å². The van der Waals surface area contributed by atoms with Gasteiger partial charge in [0.2, 0.25) is 0 Å². The first-order valence-corrected chi connectivity index (χ1v) is 7.34. The molecule has 1 nitrogen and oxygen atoms in total. The molecule has 0 bridgehead atoms. The number of hydrogen-bond donors (Lipinski definition) is 1. The van der Waals surface area contributed by atoms with Crippen molar-refractivity contribution in [2.75, 3.05) is 0 Å². The van der Waals surface area contributed by atoms with Crippen molar-refractivity contribution < 1.29 is 0 Å². The van der Waals surface area contributed by atoms with Crippen molar-refractivity contribution >= 4 is 38.9 Å². The third kappa shape index (κ3) is 3.81. The maximum Gasteiger partial charge on any atom is 0.0462 e. The topological polar surface area (TPSA) is 12.0 Å². The van der Waals surface area contributed by atoms with Crippen molar-refractivity contribution in [2.45, 2.75) is 20.0 Å². The molecule has 0 aliphatic carbocycles. The zero-order valence-corrected chi connectivity index (χ0v) is 12.6. The van der Waals surface area contributed by atoms with Crippen LogP contribution >= 0.6 is 38.9 Å². The largest absolute Gasteiger partial charge is 0.308 e. The van der Waals surface area contributed by atoms with Crippen LogP contribution in [0.15, 0.2) is 34.8 Å². The maximum atomic E-state index is 6.15. The Morgan fingerprint density at radius 2 is 2.06 bits per heavy atom. The van der Waals surface area contributed by atoms with E-state index < -0.39 is 0 Å². The highest BCUT2D eigenvalue weighted by Gasteiger charge is 2.01. The SMILES string of the molecule is Cc1ccc(CNCc2ccc(Br)cc2Cl)s1. The van der Waals surface area contributed by atoms with Crippen LogP contribution in [-0.4, -0.2) is 0 Å². The first-order valence-electron chi connectivity index (χ1n) is 5.35.